The zero-order valence-electron chi connectivity index (χ0n) is 9.83. The average Bonchev–Trinajstić information content (AvgIpc) is 2.89. The predicted molar refractivity (Wildman–Crippen MR) is 73.7 cm³/mol. The second-order valence-electron chi connectivity index (χ2n) is 3.63. The van der Waals surface area contributed by atoms with E-state index < -0.39 is 28.8 Å². The molecule has 0 amide bonds. The fourth-order valence-electron chi connectivity index (χ4n) is 1.32. The van der Waals surface area contributed by atoms with Crippen molar-refractivity contribution < 1.29 is 21.8 Å². The monoisotopic (exact) mass is 368 g/mol. The van der Waals surface area contributed by atoms with Crippen molar-refractivity contribution in [2.75, 3.05) is 0 Å². The highest BCUT2D eigenvalue weighted by molar-refractivity contribution is 8.15. The molecular weight excluding hydrogens is 364 g/mol. The lowest BCUT2D eigenvalue weighted by atomic mass is 10.4. The second kappa shape index (κ2) is 5.33. The van der Waals surface area contributed by atoms with Crippen molar-refractivity contribution in [3.63, 3.8) is 0 Å². The summed E-state index contributed by atoms with van der Waals surface area (Å²) in [5.74, 6) is 0. The molecule has 2 rings (SSSR count). The van der Waals surface area contributed by atoms with Gasteiger partial charge in [-0.3, -0.25) is 10.1 Å². The summed E-state index contributed by atoms with van der Waals surface area (Å²) in [5, 5.41) is 10.1. The lowest BCUT2D eigenvalue weighted by molar-refractivity contribution is -0.385. The summed E-state index contributed by atoms with van der Waals surface area (Å²) in [4.78, 5) is 13.3. The lowest BCUT2D eigenvalue weighted by Gasteiger charge is -2.00. The van der Waals surface area contributed by atoms with Crippen molar-refractivity contribution in [2.45, 2.75) is 13.4 Å². The molecule has 21 heavy (non-hydrogen) atoms. The Balaban J connectivity index is 2.47. The summed E-state index contributed by atoms with van der Waals surface area (Å²) in [6, 6.07) is 4.11. The van der Waals surface area contributed by atoms with Gasteiger partial charge in [-0.05, 0) is 18.2 Å². The number of nitrogens with zero attached hydrogens (tertiary/aromatic N) is 2. The highest BCUT2D eigenvalue weighted by atomic mass is 35.7. The quantitative estimate of drug-likeness (QED) is 0.457. The maximum atomic E-state index is 12.2. The van der Waals surface area contributed by atoms with E-state index in [1.165, 1.54) is 0 Å². The number of pyridine rings is 1. The number of hydrogen-bond donors (Lipinski definition) is 0. The number of aromatic nitrogens is 1. The molecule has 0 unspecified atom stereocenters. The molecule has 0 radical (unpaired) electrons. The van der Waals surface area contributed by atoms with Gasteiger partial charge in [-0.1, -0.05) is 0 Å². The minimum Gasteiger partial charge on any atom is -0.258 e. The number of thiophene rings is 1. The van der Waals surface area contributed by atoms with E-state index in [1.807, 2.05) is 0 Å². The van der Waals surface area contributed by atoms with E-state index in [0.717, 1.165) is 30.5 Å². The SMILES string of the molecule is O=[N+]([O-])c1ccc(S(=O)(=O)c2ccc(S(=O)(=O)Cl)s2)nc1. The molecule has 0 bridgehead atoms. The van der Waals surface area contributed by atoms with Gasteiger partial charge in [0, 0.05) is 16.7 Å². The molecule has 0 aliphatic heterocycles. The van der Waals surface area contributed by atoms with Gasteiger partial charge in [0.25, 0.3) is 14.7 Å². The van der Waals surface area contributed by atoms with E-state index in [-0.39, 0.29) is 14.1 Å². The molecule has 0 aromatic carbocycles. The topological polar surface area (TPSA) is 124 Å². The first-order valence-electron chi connectivity index (χ1n) is 5.02. The maximum absolute atomic E-state index is 12.2. The Bertz CT molecular complexity index is 901. The molecule has 0 saturated carbocycles. The van der Waals surface area contributed by atoms with Crippen LogP contribution in [0.5, 0.6) is 0 Å². The molecule has 0 saturated heterocycles. The van der Waals surface area contributed by atoms with Crippen LogP contribution in [0.15, 0.2) is 43.9 Å². The first kappa shape index (κ1) is 15.8. The number of halogens is 1. The van der Waals surface area contributed by atoms with Gasteiger partial charge in [-0.25, -0.2) is 21.8 Å². The van der Waals surface area contributed by atoms with E-state index >= 15 is 0 Å². The van der Waals surface area contributed by atoms with E-state index in [0.29, 0.717) is 11.3 Å². The smallest absolute Gasteiger partial charge is 0.258 e. The zero-order chi connectivity index (χ0) is 15.8. The summed E-state index contributed by atoms with van der Waals surface area (Å²) < 4.78 is 46.0. The molecule has 12 heteroatoms. The highest BCUT2D eigenvalue weighted by Gasteiger charge is 2.25. The molecule has 0 fully saturated rings. The van der Waals surface area contributed by atoms with Gasteiger partial charge in [-0.2, -0.15) is 0 Å². The van der Waals surface area contributed by atoms with Crippen LogP contribution in [0.3, 0.4) is 0 Å². The molecule has 2 heterocycles. The Kier molecular flexibility index (Phi) is 4.02. The predicted octanol–water partition coefficient (Wildman–Crippen LogP) is 1.81. The van der Waals surface area contributed by atoms with E-state index in [9.17, 15) is 26.9 Å². The van der Waals surface area contributed by atoms with E-state index in [1.54, 1.807) is 0 Å². The number of nitro groups is 1. The van der Waals surface area contributed by atoms with Crippen LogP contribution in [0.1, 0.15) is 0 Å². The Morgan fingerprint density at radius 1 is 1.10 bits per heavy atom. The molecule has 8 nitrogen and oxygen atoms in total. The third-order valence-corrected chi connectivity index (χ3v) is 7.61. The van der Waals surface area contributed by atoms with Crippen molar-refractivity contribution in [3.05, 3.63) is 40.6 Å². The number of sulfone groups is 1. The molecule has 0 aliphatic carbocycles. The van der Waals surface area contributed by atoms with Crippen LogP contribution in [0, 0.1) is 10.1 Å². The third-order valence-electron chi connectivity index (χ3n) is 2.27. The molecule has 2 aromatic heterocycles. The van der Waals surface area contributed by atoms with Crippen molar-refractivity contribution in [1.82, 2.24) is 4.98 Å². The molecular formula is C9H5ClN2O6S3. The minimum atomic E-state index is -4.06. The Hall–Kier alpha value is -1.56. The zero-order valence-corrected chi connectivity index (χ0v) is 13.0. The largest absolute Gasteiger partial charge is 0.287 e. The van der Waals surface area contributed by atoms with Crippen LogP contribution in [-0.2, 0) is 18.9 Å². The number of rotatable bonds is 4. The number of hydrogen-bond acceptors (Lipinski definition) is 8. The Labute approximate surface area is 127 Å². The maximum Gasteiger partial charge on any atom is 0.287 e. The molecule has 0 N–H and O–H groups in total. The van der Waals surface area contributed by atoms with Crippen LogP contribution in [0.25, 0.3) is 0 Å². The van der Waals surface area contributed by atoms with Crippen LogP contribution in [0.2, 0.25) is 0 Å². The van der Waals surface area contributed by atoms with E-state index in [4.69, 9.17) is 10.7 Å². The first-order valence-corrected chi connectivity index (χ1v) is 9.63. The van der Waals surface area contributed by atoms with Crippen molar-refractivity contribution >= 4 is 46.6 Å². The van der Waals surface area contributed by atoms with Gasteiger partial charge in [0.1, 0.15) is 14.6 Å². The van der Waals surface area contributed by atoms with Crippen molar-refractivity contribution in [3.8, 4) is 0 Å². The highest BCUT2D eigenvalue weighted by Crippen LogP contribution is 2.31. The van der Waals surface area contributed by atoms with Gasteiger partial charge in [-0.15, -0.1) is 11.3 Å². The summed E-state index contributed by atoms with van der Waals surface area (Å²) >= 11 is 0.470. The van der Waals surface area contributed by atoms with Crippen molar-refractivity contribution in [1.29, 1.82) is 0 Å². The van der Waals surface area contributed by atoms with Crippen LogP contribution < -0.4 is 0 Å². The Morgan fingerprint density at radius 2 is 1.71 bits per heavy atom. The summed E-state index contributed by atoms with van der Waals surface area (Å²) in [6.45, 7) is 0. The minimum absolute atomic E-state index is 0.275. The summed E-state index contributed by atoms with van der Waals surface area (Å²) in [5.41, 5.74) is -0.357. The normalized spacial score (nSPS) is 12.2. The summed E-state index contributed by atoms with van der Waals surface area (Å²) in [7, 11) is -2.96. The third kappa shape index (κ3) is 3.20. The van der Waals surface area contributed by atoms with Gasteiger partial charge in [0.05, 0.1) is 4.92 Å². The molecule has 112 valence electrons. The van der Waals surface area contributed by atoms with Gasteiger partial charge in [0.2, 0.25) is 9.84 Å². The molecule has 0 atom stereocenters. The van der Waals surface area contributed by atoms with Crippen LogP contribution in [0.4, 0.5) is 5.69 Å². The average molecular weight is 369 g/mol. The van der Waals surface area contributed by atoms with Gasteiger partial charge < -0.3 is 0 Å². The van der Waals surface area contributed by atoms with Gasteiger partial charge >= 0.3 is 0 Å². The van der Waals surface area contributed by atoms with Crippen LogP contribution >= 0.6 is 22.0 Å². The fraction of sp³-hybridized carbons (Fsp3) is 0. The van der Waals surface area contributed by atoms with Crippen LogP contribution in [-0.4, -0.2) is 26.7 Å². The van der Waals surface area contributed by atoms with E-state index in [2.05, 4.69) is 4.98 Å². The fourth-order valence-corrected chi connectivity index (χ4v) is 5.14. The lowest BCUT2D eigenvalue weighted by Crippen LogP contribution is -2.02. The molecule has 0 spiro atoms. The van der Waals surface area contributed by atoms with Crippen molar-refractivity contribution in [2.24, 2.45) is 0 Å². The first-order chi connectivity index (χ1) is 9.62. The standard InChI is InChI=1S/C9H5ClN2O6S3/c10-21(17,18)9-4-3-8(19-9)20(15,16)7-2-1-6(5-11-7)12(13)14/h1-5H. The molecule has 0 aliphatic rings. The Morgan fingerprint density at radius 3 is 2.14 bits per heavy atom. The second-order valence-corrected chi connectivity index (χ2v) is 9.63. The van der Waals surface area contributed by atoms with Gasteiger partial charge in [0.15, 0.2) is 5.03 Å². The summed E-state index contributed by atoms with van der Waals surface area (Å²) in [6.07, 6.45) is 0.805. The molecule has 2 aromatic rings.